The molecule has 1 aliphatic rings. The van der Waals surface area contributed by atoms with Gasteiger partial charge in [0.05, 0.1) is 18.8 Å². The van der Waals surface area contributed by atoms with Crippen molar-refractivity contribution >= 4 is 5.97 Å². The molecule has 4 nitrogen and oxygen atoms in total. The molecule has 0 aliphatic heterocycles. The summed E-state index contributed by atoms with van der Waals surface area (Å²) in [4.78, 5) is 11.2. The van der Waals surface area contributed by atoms with Gasteiger partial charge in [0, 0.05) is 12.0 Å². The molecule has 0 heterocycles. The first-order valence-electron chi connectivity index (χ1n) is 4.37. The van der Waals surface area contributed by atoms with Gasteiger partial charge in [-0.3, -0.25) is 0 Å². The van der Waals surface area contributed by atoms with Gasteiger partial charge in [0.2, 0.25) is 0 Å². The fourth-order valence-electron chi connectivity index (χ4n) is 1.26. The van der Waals surface area contributed by atoms with Crippen LogP contribution in [-0.4, -0.2) is 35.0 Å². The fraction of sp³-hybridized carbons (Fsp3) is 0.667. The minimum absolute atomic E-state index is 0.181. The molecule has 4 heteroatoms. The van der Waals surface area contributed by atoms with E-state index in [1.54, 1.807) is 13.0 Å². The molecule has 0 aromatic carbocycles. The predicted octanol–water partition coefficient (Wildman–Crippen LogP) is -0.00850. The van der Waals surface area contributed by atoms with Gasteiger partial charge in [-0.1, -0.05) is 6.08 Å². The molecule has 2 N–H and O–H groups in total. The van der Waals surface area contributed by atoms with Crippen LogP contribution in [0.5, 0.6) is 0 Å². The van der Waals surface area contributed by atoms with Crippen molar-refractivity contribution in [2.24, 2.45) is 0 Å². The predicted molar refractivity (Wildman–Crippen MR) is 46.0 cm³/mol. The Kier molecular flexibility index (Phi) is 3.45. The van der Waals surface area contributed by atoms with Crippen molar-refractivity contribution in [3.63, 3.8) is 0 Å². The number of aliphatic hydroxyl groups is 2. The lowest BCUT2D eigenvalue weighted by Gasteiger charge is -2.22. The molecule has 0 fully saturated rings. The summed E-state index contributed by atoms with van der Waals surface area (Å²) >= 11 is 0. The first-order valence-corrected chi connectivity index (χ1v) is 4.37. The Labute approximate surface area is 76.8 Å². The lowest BCUT2D eigenvalue weighted by molar-refractivity contribution is -0.139. The third-order valence-corrected chi connectivity index (χ3v) is 2.02. The Morgan fingerprint density at radius 3 is 2.85 bits per heavy atom. The Hall–Kier alpha value is -0.870. The van der Waals surface area contributed by atoms with Crippen LogP contribution in [0.4, 0.5) is 0 Å². The van der Waals surface area contributed by atoms with Crippen LogP contribution in [-0.2, 0) is 9.53 Å². The highest BCUT2D eigenvalue weighted by molar-refractivity contribution is 5.88. The van der Waals surface area contributed by atoms with Gasteiger partial charge < -0.3 is 14.9 Å². The maximum atomic E-state index is 11.2. The molecule has 0 radical (unpaired) electrons. The van der Waals surface area contributed by atoms with E-state index in [0.29, 0.717) is 18.6 Å². The summed E-state index contributed by atoms with van der Waals surface area (Å²) in [6.07, 6.45) is 0.521. The molecule has 1 aliphatic carbocycles. The van der Waals surface area contributed by atoms with E-state index in [1.165, 1.54) is 0 Å². The van der Waals surface area contributed by atoms with Gasteiger partial charge in [-0.05, 0) is 13.3 Å². The molecular formula is C9H14O4. The molecule has 2 atom stereocenters. The first kappa shape index (κ1) is 10.2. The lowest BCUT2D eigenvalue weighted by atomic mass is 9.94. The summed E-state index contributed by atoms with van der Waals surface area (Å²) in [5.41, 5.74) is 0.458. The number of esters is 1. The molecule has 0 spiro atoms. The zero-order chi connectivity index (χ0) is 9.84. The Balaban J connectivity index is 2.57. The van der Waals surface area contributed by atoms with Gasteiger partial charge >= 0.3 is 5.97 Å². The molecule has 0 amide bonds. The molecule has 13 heavy (non-hydrogen) atoms. The van der Waals surface area contributed by atoms with Crippen molar-refractivity contribution in [2.45, 2.75) is 32.0 Å². The van der Waals surface area contributed by atoms with E-state index in [4.69, 9.17) is 9.84 Å². The van der Waals surface area contributed by atoms with Crippen LogP contribution in [0.1, 0.15) is 19.8 Å². The largest absolute Gasteiger partial charge is 0.463 e. The number of aliphatic hydroxyl groups excluding tert-OH is 2. The molecule has 0 saturated heterocycles. The summed E-state index contributed by atoms with van der Waals surface area (Å²) in [5.74, 6) is -0.395. The normalized spacial score (nSPS) is 28.1. The topological polar surface area (TPSA) is 66.8 Å². The van der Waals surface area contributed by atoms with E-state index in [9.17, 15) is 9.90 Å². The number of carbonyl (C=O) groups is 1. The highest BCUT2D eigenvalue weighted by Gasteiger charge is 2.25. The van der Waals surface area contributed by atoms with Crippen molar-refractivity contribution < 1.29 is 19.7 Å². The van der Waals surface area contributed by atoms with Gasteiger partial charge in [-0.2, -0.15) is 0 Å². The second-order valence-corrected chi connectivity index (χ2v) is 3.02. The molecule has 0 bridgehead atoms. The van der Waals surface area contributed by atoms with Crippen LogP contribution in [0.2, 0.25) is 0 Å². The number of ether oxygens (including phenoxy) is 1. The monoisotopic (exact) mass is 186 g/mol. The minimum atomic E-state index is -0.843. The maximum absolute atomic E-state index is 11.2. The van der Waals surface area contributed by atoms with E-state index >= 15 is 0 Å². The van der Waals surface area contributed by atoms with Gasteiger partial charge in [0.1, 0.15) is 0 Å². The van der Waals surface area contributed by atoms with Crippen LogP contribution in [0.25, 0.3) is 0 Å². The zero-order valence-electron chi connectivity index (χ0n) is 7.56. The molecule has 74 valence electrons. The molecule has 0 aromatic rings. The van der Waals surface area contributed by atoms with Crippen LogP contribution in [0.3, 0.4) is 0 Å². The summed E-state index contributed by atoms with van der Waals surface area (Å²) in [6, 6.07) is 0. The lowest BCUT2D eigenvalue weighted by Crippen LogP contribution is -2.30. The van der Waals surface area contributed by atoms with E-state index in [1.807, 2.05) is 0 Å². The van der Waals surface area contributed by atoms with Gasteiger partial charge in [0.15, 0.2) is 0 Å². The molecule has 1 rings (SSSR count). The average Bonchev–Trinajstić information content (AvgIpc) is 2.10. The standard InChI is InChI=1S/C9H14O4/c1-2-13-9(12)6-3-4-7(10)8(11)5-6/h3,7-8,10-11H,2,4-5H2,1H3. The first-order chi connectivity index (χ1) is 6.15. The highest BCUT2D eigenvalue weighted by atomic mass is 16.5. The third-order valence-electron chi connectivity index (χ3n) is 2.02. The smallest absolute Gasteiger partial charge is 0.333 e. The zero-order valence-corrected chi connectivity index (χ0v) is 7.56. The number of hydrogen-bond donors (Lipinski definition) is 2. The quantitative estimate of drug-likeness (QED) is 0.595. The van der Waals surface area contributed by atoms with E-state index in [2.05, 4.69) is 0 Å². The Morgan fingerprint density at radius 1 is 1.62 bits per heavy atom. The van der Waals surface area contributed by atoms with Crippen molar-refractivity contribution in [1.29, 1.82) is 0 Å². The van der Waals surface area contributed by atoms with E-state index in [-0.39, 0.29) is 6.42 Å². The summed E-state index contributed by atoms with van der Waals surface area (Å²) < 4.78 is 4.76. The Morgan fingerprint density at radius 2 is 2.31 bits per heavy atom. The third kappa shape index (κ3) is 2.54. The summed E-state index contributed by atoms with van der Waals surface area (Å²) in [6.45, 7) is 2.06. The van der Waals surface area contributed by atoms with Crippen LogP contribution in [0, 0.1) is 0 Å². The van der Waals surface area contributed by atoms with Crippen molar-refractivity contribution in [2.75, 3.05) is 6.61 Å². The van der Waals surface area contributed by atoms with E-state index in [0.717, 1.165) is 0 Å². The van der Waals surface area contributed by atoms with Gasteiger partial charge in [0.25, 0.3) is 0 Å². The summed E-state index contributed by atoms with van der Waals surface area (Å²) in [7, 11) is 0. The highest BCUT2D eigenvalue weighted by Crippen LogP contribution is 2.19. The van der Waals surface area contributed by atoms with Gasteiger partial charge in [-0.25, -0.2) is 4.79 Å². The van der Waals surface area contributed by atoms with Crippen LogP contribution in [0.15, 0.2) is 11.6 Å². The summed E-state index contributed by atoms with van der Waals surface area (Å²) in [5, 5.41) is 18.4. The fourth-order valence-corrected chi connectivity index (χ4v) is 1.26. The molecule has 0 saturated carbocycles. The van der Waals surface area contributed by atoms with Crippen LogP contribution < -0.4 is 0 Å². The SMILES string of the molecule is CCOC(=O)C1=CCC(O)C(O)C1. The van der Waals surface area contributed by atoms with Crippen LogP contribution >= 0.6 is 0 Å². The number of rotatable bonds is 2. The van der Waals surface area contributed by atoms with Crippen molar-refractivity contribution in [3.05, 3.63) is 11.6 Å². The Bertz CT molecular complexity index is 222. The molecule has 2 unspecified atom stereocenters. The maximum Gasteiger partial charge on any atom is 0.333 e. The van der Waals surface area contributed by atoms with Gasteiger partial charge in [-0.15, -0.1) is 0 Å². The minimum Gasteiger partial charge on any atom is -0.463 e. The number of carbonyl (C=O) groups excluding carboxylic acids is 1. The van der Waals surface area contributed by atoms with Crippen molar-refractivity contribution in [1.82, 2.24) is 0 Å². The molecular weight excluding hydrogens is 172 g/mol. The number of hydrogen-bond acceptors (Lipinski definition) is 4. The molecule has 0 aromatic heterocycles. The second-order valence-electron chi connectivity index (χ2n) is 3.02. The van der Waals surface area contributed by atoms with E-state index < -0.39 is 18.2 Å². The second kappa shape index (κ2) is 4.39. The van der Waals surface area contributed by atoms with Crippen molar-refractivity contribution in [3.8, 4) is 0 Å². The average molecular weight is 186 g/mol.